The van der Waals surface area contributed by atoms with E-state index in [-0.39, 0.29) is 6.54 Å². The van der Waals surface area contributed by atoms with Crippen molar-refractivity contribution in [2.24, 2.45) is 0 Å². The fraction of sp³-hybridized carbons (Fsp3) is 0.979. The molecule has 0 amide bonds. The van der Waals surface area contributed by atoms with Crippen molar-refractivity contribution in [3.05, 3.63) is 0 Å². The van der Waals surface area contributed by atoms with Gasteiger partial charge < -0.3 is 5.11 Å². The summed E-state index contributed by atoms with van der Waals surface area (Å²) in [4.78, 5) is 13.6. The Balaban J connectivity index is 3.41. The first kappa shape index (κ1) is 50.4. The molecule has 0 aliphatic rings. The van der Waals surface area contributed by atoms with Gasteiger partial charge in [0.15, 0.2) is 0 Å². The zero-order valence-electron chi connectivity index (χ0n) is 35.6. The van der Waals surface area contributed by atoms with Crippen LogP contribution in [-0.2, 0) is 4.79 Å². The Morgan fingerprint density at radius 2 is 0.451 bits per heavy atom. The van der Waals surface area contributed by atoms with Crippen molar-refractivity contribution >= 4 is 5.97 Å². The molecule has 306 valence electrons. The van der Waals surface area contributed by atoms with Crippen LogP contribution in [0.4, 0.5) is 0 Å². The van der Waals surface area contributed by atoms with E-state index >= 15 is 0 Å². The van der Waals surface area contributed by atoms with Gasteiger partial charge in [0.05, 0.1) is 6.54 Å². The molecule has 0 aromatic carbocycles. The van der Waals surface area contributed by atoms with Gasteiger partial charge in [0, 0.05) is 0 Å². The maximum absolute atomic E-state index is 11.4. The summed E-state index contributed by atoms with van der Waals surface area (Å²) in [7, 11) is 0. The summed E-state index contributed by atoms with van der Waals surface area (Å²) in [5.74, 6) is -0.665. The smallest absolute Gasteiger partial charge is 0.317 e. The highest BCUT2D eigenvalue weighted by molar-refractivity contribution is 5.69. The molecule has 3 nitrogen and oxygen atoms in total. The number of hydrogen-bond donors (Lipinski definition) is 1. The SMILES string of the molecule is CCCCCCCCCCCCCCCCCCCCCCCN(CCCCCCCCCCCCCCCCCCCCCCC)CC(=O)O. The molecule has 0 aliphatic heterocycles. The first-order valence-electron chi connectivity index (χ1n) is 24.1. The second-order valence-corrected chi connectivity index (χ2v) is 16.8. The minimum Gasteiger partial charge on any atom is -0.480 e. The van der Waals surface area contributed by atoms with Crippen LogP contribution in [0.25, 0.3) is 0 Å². The normalized spacial score (nSPS) is 11.7. The number of nitrogens with zero attached hydrogens (tertiary/aromatic N) is 1. The highest BCUT2D eigenvalue weighted by Gasteiger charge is 2.09. The third kappa shape index (κ3) is 45.5. The first-order valence-corrected chi connectivity index (χ1v) is 24.1. The Bertz CT molecular complexity index is 591. The van der Waals surface area contributed by atoms with Crippen molar-refractivity contribution < 1.29 is 9.90 Å². The number of carboxylic acids is 1. The Morgan fingerprint density at radius 3 is 0.608 bits per heavy atom. The topological polar surface area (TPSA) is 40.5 Å². The summed E-state index contributed by atoms with van der Waals surface area (Å²) in [5.41, 5.74) is 0. The van der Waals surface area contributed by atoms with Gasteiger partial charge in [-0.05, 0) is 25.9 Å². The zero-order valence-corrected chi connectivity index (χ0v) is 35.6. The lowest BCUT2D eigenvalue weighted by Gasteiger charge is -2.20. The molecule has 0 saturated carbocycles. The average Bonchev–Trinajstić information content (AvgIpc) is 3.12. The molecule has 0 spiro atoms. The molecule has 0 fully saturated rings. The molecule has 3 heteroatoms. The molecule has 0 aromatic heterocycles. The molecule has 0 aromatic rings. The van der Waals surface area contributed by atoms with E-state index in [9.17, 15) is 9.90 Å². The highest BCUT2D eigenvalue weighted by atomic mass is 16.4. The van der Waals surface area contributed by atoms with Crippen LogP contribution in [0.1, 0.15) is 284 Å². The molecule has 0 heterocycles. The minimum atomic E-state index is -0.665. The van der Waals surface area contributed by atoms with E-state index in [0.717, 1.165) is 25.9 Å². The van der Waals surface area contributed by atoms with Crippen molar-refractivity contribution in [2.45, 2.75) is 284 Å². The number of carboxylic acid groups (broad SMARTS) is 1. The van der Waals surface area contributed by atoms with Gasteiger partial charge in [0.2, 0.25) is 0 Å². The van der Waals surface area contributed by atoms with Gasteiger partial charge in [0.1, 0.15) is 0 Å². The summed E-state index contributed by atoms with van der Waals surface area (Å²) in [6, 6.07) is 0. The molecule has 0 radical (unpaired) electrons. The summed E-state index contributed by atoms with van der Waals surface area (Å²) in [5, 5.41) is 9.39. The molecular weight excluding hydrogens is 623 g/mol. The van der Waals surface area contributed by atoms with Crippen molar-refractivity contribution in [1.82, 2.24) is 4.90 Å². The van der Waals surface area contributed by atoms with Crippen LogP contribution in [0, 0.1) is 0 Å². The van der Waals surface area contributed by atoms with Gasteiger partial charge in [0.25, 0.3) is 0 Å². The van der Waals surface area contributed by atoms with Crippen LogP contribution in [0.3, 0.4) is 0 Å². The highest BCUT2D eigenvalue weighted by Crippen LogP contribution is 2.17. The molecule has 0 unspecified atom stereocenters. The lowest BCUT2D eigenvalue weighted by atomic mass is 10.0. The van der Waals surface area contributed by atoms with Crippen LogP contribution < -0.4 is 0 Å². The van der Waals surface area contributed by atoms with Crippen LogP contribution in [0.2, 0.25) is 0 Å². The van der Waals surface area contributed by atoms with Crippen molar-refractivity contribution in [3.8, 4) is 0 Å². The quantitative estimate of drug-likeness (QED) is 0.0637. The third-order valence-electron chi connectivity index (χ3n) is 11.5. The van der Waals surface area contributed by atoms with Gasteiger partial charge in [-0.15, -0.1) is 0 Å². The molecule has 0 saturated heterocycles. The Kier molecular flexibility index (Phi) is 45.1. The van der Waals surface area contributed by atoms with Gasteiger partial charge in [-0.3, -0.25) is 9.69 Å². The molecule has 0 rings (SSSR count). The van der Waals surface area contributed by atoms with Gasteiger partial charge in [-0.2, -0.15) is 0 Å². The van der Waals surface area contributed by atoms with E-state index in [2.05, 4.69) is 18.7 Å². The maximum atomic E-state index is 11.4. The Morgan fingerprint density at radius 1 is 0.294 bits per heavy atom. The lowest BCUT2D eigenvalue weighted by Crippen LogP contribution is -2.31. The summed E-state index contributed by atoms with van der Waals surface area (Å²) < 4.78 is 0. The predicted molar refractivity (Wildman–Crippen MR) is 229 cm³/mol. The molecule has 0 bridgehead atoms. The number of carbonyl (C=O) groups is 1. The van der Waals surface area contributed by atoms with Crippen LogP contribution in [0.15, 0.2) is 0 Å². The van der Waals surface area contributed by atoms with E-state index in [0.29, 0.717) is 0 Å². The monoisotopic (exact) mass is 720 g/mol. The minimum absolute atomic E-state index is 0.221. The second-order valence-electron chi connectivity index (χ2n) is 16.8. The van der Waals surface area contributed by atoms with Crippen LogP contribution >= 0.6 is 0 Å². The van der Waals surface area contributed by atoms with Gasteiger partial charge in [-0.25, -0.2) is 0 Å². The van der Waals surface area contributed by atoms with E-state index in [1.54, 1.807) is 0 Å². The average molecular weight is 720 g/mol. The zero-order chi connectivity index (χ0) is 37.0. The van der Waals surface area contributed by atoms with Crippen LogP contribution in [-0.4, -0.2) is 35.6 Å². The van der Waals surface area contributed by atoms with E-state index < -0.39 is 5.97 Å². The standard InChI is InChI=1S/C48H97NO2/c1-3-5-7-9-11-13-15-17-19-21-23-25-27-29-31-33-35-37-39-41-43-45-49(47-48(50)51)46-44-42-40-38-36-34-32-30-28-26-24-22-20-18-16-14-12-10-8-6-4-2/h3-47H2,1-2H3,(H,50,51). The fourth-order valence-electron chi connectivity index (χ4n) is 8.00. The molecule has 0 atom stereocenters. The summed E-state index contributed by atoms with van der Waals surface area (Å²) in [6.07, 6.45) is 59.1. The number of hydrogen-bond acceptors (Lipinski definition) is 2. The number of aliphatic carboxylic acids is 1. The molecule has 1 N–H and O–H groups in total. The second kappa shape index (κ2) is 45.6. The van der Waals surface area contributed by atoms with Crippen molar-refractivity contribution in [1.29, 1.82) is 0 Å². The number of rotatable bonds is 46. The lowest BCUT2D eigenvalue weighted by molar-refractivity contribution is -0.138. The number of unbranched alkanes of at least 4 members (excludes halogenated alkanes) is 40. The van der Waals surface area contributed by atoms with E-state index in [1.165, 1.54) is 257 Å². The largest absolute Gasteiger partial charge is 0.480 e. The maximum Gasteiger partial charge on any atom is 0.317 e. The van der Waals surface area contributed by atoms with E-state index in [4.69, 9.17) is 0 Å². The fourth-order valence-corrected chi connectivity index (χ4v) is 8.00. The first-order chi connectivity index (χ1) is 25.2. The Hall–Kier alpha value is -0.570. The van der Waals surface area contributed by atoms with Crippen molar-refractivity contribution in [2.75, 3.05) is 19.6 Å². The third-order valence-corrected chi connectivity index (χ3v) is 11.5. The van der Waals surface area contributed by atoms with Crippen LogP contribution in [0.5, 0.6) is 0 Å². The summed E-state index contributed by atoms with van der Waals surface area (Å²) in [6.45, 7) is 6.75. The Labute approximate surface area is 323 Å². The predicted octanol–water partition coefficient (Wildman–Crippen LogP) is 16.8. The van der Waals surface area contributed by atoms with Gasteiger partial charge >= 0.3 is 5.97 Å². The molecular formula is C48H97NO2. The summed E-state index contributed by atoms with van der Waals surface area (Å²) >= 11 is 0. The van der Waals surface area contributed by atoms with Gasteiger partial charge in [-0.1, -0.05) is 271 Å². The van der Waals surface area contributed by atoms with E-state index in [1.807, 2.05) is 0 Å². The molecule has 0 aliphatic carbocycles. The van der Waals surface area contributed by atoms with Crippen molar-refractivity contribution in [3.63, 3.8) is 0 Å². The molecule has 51 heavy (non-hydrogen) atoms.